The Morgan fingerprint density at radius 1 is 1.35 bits per heavy atom. The number of nitrogens with zero attached hydrogens (tertiary/aromatic N) is 1. The first-order valence-electron chi connectivity index (χ1n) is 7.50. The predicted molar refractivity (Wildman–Crippen MR) is 82.6 cm³/mol. The highest BCUT2D eigenvalue weighted by molar-refractivity contribution is 6.30. The zero-order valence-corrected chi connectivity index (χ0v) is 13.1. The topological polar surface area (TPSA) is 15.3 Å². The summed E-state index contributed by atoms with van der Waals surface area (Å²) in [6.07, 6.45) is 3.31. The van der Waals surface area contributed by atoms with Crippen molar-refractivity contribution in [2.45, 2.75) is 45.2 Å². The first-order valence-corrected chi connectivity index (χ1v) is 7.87. The minimum Gasteiger partial charge on any atom is -0.310 e. The van der Waals surface area contributed by atoms with E-state index in [9.17, 15) is 4.39 Å². The number of halogens is 2. The molecule has 1 N–H and O–H groups in total. The molecule has 20 heavy (non-hydrogen) atoms. The molecule has 0 spiro atoms. The highest BCUT2D eigenvalue weighted by Gasteiger charge is 2.30. The van der Waals surface area contributed by atoms with Crippen LogP contribution in [0.25, 0.3) is 0 Å². The van der Waals surface area contributed by atoms with Crippen LogP contribution in [0, 0.1) is 5.82 Å². The van der Waals surface area contributed by atoms with Gasteiger partial charge in [-0.15, -0.1) is 0 Å². The summed E-state index contributed by atoms with van der Waals surface area (Å²) in [5.74, 6) is -0.201. The van der Waals surface area contributed by atoms with Gasteiger partial charge in [-0.05, 0) is 44.5 Å². The molecule has 0 atom stereocenters. The number of benzene rings is 1. The zero-order chi connectivity index (χ0) is 14.6. The van der Waals surface area contributed by atoms with E-state index in [1.54, 1.807) is 12.1 Å². The van der Waals surface area contributed by atoms with E-state index in [2.05, 4.69) is 24.1 Å². The number of rotatable bonds is 4. The highest BCUT2D eigenvalue weighted by atomic mass is 35.5. The summed E-state index contributed by atoms with van der Waals surface area (Å²) in [4.78, 5) is 2.36. The van der Waals surface area contributed by atoms with Crippen molar-refractivity contribution in [3.63, 3.8) is 0 Å². The standard InChI is InChI=1S/C16H24ClFN2/c1-3-16(4-2)12-20(9-5-8-19-16)11-13-6-7-14(17)10-15(13)18/h6-7,10,19H,3-5,8-9,11-12H2,1-2H3. The molecule has 1 aromatic rings. The quantitative estimate of drug-likeness (QED) is 0.909. The van der Waals surface area contributed by atoms with Gasteiger partial charge in [0.1, 0.15) is 5.82 Å². The second-order valence-corrected chi connectivity index (χ2v) is 6.15. The van der Waals surface area contributed by atoms with Crippen LogP contribution in [-0.4, -0.2) is 30.1 Å². The summed E-state index contributed by atoms with van der Waals surface area (Å²) in [6, 6.07) is 4.97. The van der Waals surface area contributed by atoms with E-state index in [-0.39, 0.29) is 11.4 Å². The normalized spacial score (nSPS) is 19.8. The van der Waals surface area contributed by atoms with E-state index in [1.165, 1.54) is 6.07 Å². The Bertz CT molecular complexity index is 446. The lowest BCUT2D eigenvalue weighted by Gasteiger charge is -2.35. The molecule has 0 aliphatic carbocycles. The van der Waals surface area contributed by atoms with E-state index >= 15 is 0 Å². The summed E-state index contributed by atoms with van der Waals surface area (Å²) >= 11 is 5.81. The first-order chi connectivity index (χ1) is 9.58. The number of nitrogens with one attached hydrogen (secondary N) is 1. The van der Waals surface area contributed by atoms with E-state index in [0.29, 0.717) is 11.6 Å². The number of hydrogen-bond donors (Lipinski definition) is 1. The van der Waals surface area contributed by atoms with Crippen molar-refractivity contribution < 1.29 is 4.39 Å². The van der Waals surface area contributed by atoms with Crippen LogP contribution in [0.4, 0.5) is 4.39 Å². The number of hydrogen-bond acceptors (Lipinski definition) is 2. The van der Waals surface area contributed by atoms with Gasteiger partial charge in [0, 0.05) is 29.2 Å². The minimum atomic E-state index is -0.201. The third kappa shape index (κ3) is 3.72. The molecular weight excluding hydrogens is 275 g/mol. The molecule has 0 saturated carbocycles. The van der Waals surface area contributed by atoms with Gasteiger partial charge in [0.2, 0.25) is 0 Å². The largest absolute Gasteiger partial charge is 0.310 e. The van der Waals surface area contributed by atoms with Gasteiger partial charge in [-0.3, -0.25) is 4.90 Å². The Kier molecular flexibility index (Phi) is 5.42. The molecule has 1 aromatic carbocycles. The molecule has 0 radical (unpaired) electrons. The maximum Gasteiger partial charge on any atom is 0.129 e. The Labute approximate surface area is 126 Å². The molecule has 4 heteroatoms. The fourth-order valence-electron chi connectivity index (χ4n) is 2.97. The van der Waals surface area contributed by atoms with E-state index < -0.39 is 0 Å². The SMILES string of the molecule is CCC1(CC)CN(Cc2ccc(Cl)cc2F)CCCN1. The molecule has 1 heterocycles. The van der Waals surface area contributed by atoms with Gasteiger partial charge in [-0.2, -0.15) is 0 Å². The Hall–Kier alpha value is -0.640. The van der Waals surface area contributed by atoms with Crippen LogP contribution in [0.15, 0.2) is 18.2 Å². The maximum absolute atomic E-state index is 13.9. The molecule has 0 bridgehead atoms. The second kappa shape index (κ2) is 6.88. The molecule has 2 rings (SSSR count). The minimum absolute atomic E-state index is 0.166. The third-order valence-electron chi connectivity index (χ3n) is 4.44. The van der Waals surface area contributed by atoms with Crippen LogP contribution in [-0.2, 0) is 6.54 Å². The Morgan fingerprint density at radius 3 is 2.75 bits per heavy atom. The maximum atomic E-state index is 13.9. The van der Waals surface area contributed by atoms with E-state index in [0.717, 1.165) is 44.5 Å². The molecular formula is C16H24ClFN2. The second-order valence-electron chi connectivity index (χ2n) is 5.71. The Morgan fingerprint density at radius 2 is 2.10 bits per heavy atom. The van der Waals surface area contributed by atoms with Crippen molar-refractivity contribution in [1.82, 2.24) is 10.2 Å². The molecule has 0 amide bonds. The van der Waals surface area contributed by atoms with Crippen molar-refractivity contribution in [3.05, 3.63) is 34.6 Å². The van der Waals surface area contributed by atoms with Gasteiger partial charge in [0.05, 0.1) is 0 Å². The van der Waals surface area contributed by atoms with Gasteiger partial charge >= 0.3 is 0 Å². The summed E-state index contributed by atoms with van der Waals surface area (Å²) in [6.45, 7) is 8.14. The smallest absolute Gasteiger partial charge is 0.129 e. The molecule has 112 valence electrons. The fraction of sp³-hybridized carbons (Fsp3) is 0.625. The fourth-order valence-corrected chi connectivity index (χ4v) is 3.13. The monoisotopic (exact) mass is 298 g/mol. The first kappa shape index (κ1) is 15.7. The summed E-state index contributed by atoms with van der Waals surface area (Å²) in [7, 11) is 0. The lowest BCUT2D eigenvalue weighted by atomic mass is 9.92. The van der Waals surface area contributed by atoms with Gasteiger partial charge < -0.3 is 5.32 Å². The van der Waals surface area contributed by atoms with E-state index in [4.69, 9.17) is 11.6 Å². The van der Waals surface area contributed by atoms with Crippen molar-refractivity contribution >= 4 is 11.6 Å². The van der Waals surface area contributed by atoms with Gasteiger partial charge in [-0.1, -0.05) is 31.5 Å². The summed E-state index contributed by atoms with van der Waals surface area (Å²) in [5.41, 5.74) is 0.900. The van der Waals surface area contributed by atoms with Gasteiger partial charge in [0.15, 0.2) is 0 Å². The molecule has 0 unspecified atom stereocenters. The van der Waals surface area contributed by atoms with Crippen molar-refractivity contribution in [2.24, 2.45) is 0 Å². The van der Waals surface area contributed by atoms with E-state index in [1.807, 2.05) is 0 Å². The van der Waals surface area contributed by atoms with Crippen LogP contribution in [0.5, 0.6) is 0 Å². The summed E-state index contributed by atoms with van der Waals surface area (Å²) in [5, 5.41) is 4.14. The highest BCUT2D eigenvalue weighted by Crippen LogP contribution is 2.22. The van der Waals surface area contributed by atoms with Crippen LogP contribution in [0.3, 0.4) is 0 Å². The molecule has 1 fully saturated rings. The average Bonchev–Trinajstić information content (AvgIpc) is 2.65. The summed E-state index contributed by atoms with van der Waals surface area (Å²) < 4.78 is 13.9. The van der Waals surface area contributed by atoms with Crippen LogP contribution >= 0.6 is 11.6 Å². The van der Waals surface area contributed by atoms with Crippen LogP contribution < -0.4 is 5.32 Å². The van der Waals surface area contributed by atoms with Crippen LogP contribution in [0.1, 0.15) is 38.7 Å². The van der Waals surface area contributed by atoms with Gasteiger partial charge in [-0.25, -0.2) is 4.39 Å². The van der Waals surface area contributed by atoms with Gasteiger partial charge in [0.25, 0.3) is 0 Å². The van der Waals surface area contributed by atoms with Crippen LogP contribution in [0.2, 0.25) is 5.02 Å². The lowest BCUT2D eigenvalue weighted by Crippen LogP contribution is -2.50. The van der Waals surface area contributed by atoms with Crippen molar-refractivity contribution in [2.75, 3.05) is 19.6 Å². The molecule has 1 aliphatic rings. The van der Waals surface area contributed by atoms with Crippen molar-refractivity contribution in [3.8, 4) is 0 Å². The third-order valence-corrected chi connectivity index (χ3v) is 4.68. The molecule has 0 aromatic heterocycles. The zero-order valence-electron chi connectivity index (χ0n) is 12.4. The predicted octanol–water partition coefficient (Wildman–Crippen LogP) is 3.83. The molecule has 1 aliphatic heterocycles. The average molecular weight is 299 g/mol. The lowest BCUT2D eigenvalue weighted by molar-refractivity contribution is 0.189. The Balaban J connectivity index is 2.11. The molecule has 2 nitrogen and oxygen atoms in total. The van der Waals surface area contributed by atoms with Crippen molar-refractivity contribution in [1.29, 1.82) is 0 Å². The molecule has 1 saturated heterocycles.